The average molecular weight is 554 g/mol. The molecule has 0 spiro atoms. The number of nitrogens with zero attached hydrogens (tertiary/aromatic N) is 5. The Balaban J connectivity index is 1.27. The number of likely N-dealkylation sites (tertiary alicyclic amines) is 1. The Kier molecular flexibility index (Phi) is 7.82. The maximum atomic E-state index is 14.6. The van der Waals surface area contributed by atoms with Gasteiger partial charge in [0.15, 0.2) is 5.65 Å². The summed E-state index contributed by atoms with van der Waals surface area (Å²) < 4.78 is 30.2. The third-order valence-corrected chi connectivity index (χ3v) is 8.72. The van der Waals surface area contributed by atoms with Crippen LogP contribution < -0.4 is 10.6 Å². The smallest absolute Gasteiger partial charge is 0.225 e. The average Bonchev–Trinajstić information content (AvgIpc) is 3.33. The van der Waals surface area contributed by atoms with Gasteiger partial charge >= 0.3 is 0 Å². The van der Waals surface area contributed by atoms with Crippen LogP contribution in [-0.4, -0.2) is 60.7 Å². The second kappa shape index (κ2) is 11.6. The first-order chi connectivity index (χ1) is 19.4. The summed E-state index contributed by atoms with van der Waals surface area (Å²) in [6, 6.07) is 3.60. The molecule has 9 nitrogen and oxygen atoms in total. The maximum absolute atomic E-state index is 14.6. The lowest BCUT2D eigenvalue weighted by Gasteiger charge is -2.34. The van der Waals surface area contributed by atoms with E-state index < -0.39 is 11.6 Å². The Morgan fingerprint density at radius 3 is 2.42 bits per heavy atom. The molecule has 1 aliphatic heterocycles. The van der Waals surface area contributed by atoms with Crippen LogP contribution in [0.5, 0.6) is 0 Å². The fourth-order valence-corrected chi connectivity index (χ4v) is 6.46. The molecule has 214 valence electrons. The predicted octanol–water partition coefficient (Wildman–Crippen LogP) is 5.31. The minimum absolute atomic E-state index is 0.00833. The van der Waals surface area contributed by atoms with Gasteiger partial charge in [-0.1, -0.05) is 0 Å². The van der Waals surface area contributed by atoms with E-state index in [1.165, 1.54) is 18.6 Å². The van der Waals surface area contributed by atoms with E-state index in [-0.39, 0.29) is 35.7 Å². The Bertz CT molecular complexity index is 1340. The number of hydrogen-bond acceptors (Lipinski definition) is 7. The Morgan fingerprint density at radius 2 is 1.70 bits per heavy atom. The number of anilines is 3. The molecule has 2 aliphatic carbocycles. The number of fused-ring (bicyclic) bond motifs is 1. The van der Waals surface area contributed by atoms with E-state index in [2.05, 4.69) is 15.6 Å². The van der Waals surface area contributed by atoms with Crippen molar-refractivity contribution in [1.82, 2.24) is 24.4 Å². The van der Waals surface area contributed by atoms with Gasteiger partial charge in [-0.15, -0.1) is 0 Å². The molecular weight excluding hydrogens is 516 g/mol. The van der Waals surface area contributed by atoms with Crippen LogP contribution in [0.3, 0.4) is 0 Å². The number of amides is 1. The van der Waals surface area contributed by atoms with Gasteiger partial charge in [-0.2, -0.15) is 4.98 Å². The number of halogens is 2. The van der Waals surface area contributed by atoms with Crippen molar-refractivity contribution >= 4 is 34.7 Å². The molecule has 2 saturated carbocycles. The molecule has 3 fully saturated rings. The second-order valence-electron chi connectivity index (χ2n) is 11.5. The highest BCUT2D eigenvalue weighted by Gasteiger charge is 2.33. The second-order valence-corrected chi connectivity index (χ2v) is 11.5. The summed E-state index contributed by atoms with van der Waals surface area (Å²) in [6.07, 6.45) is 11.0. The van der Waals surface area contributed by atoms with Crippen molar-refractivity contribution < 1.29 is 18.7 Å². The Morgan fingerprint density at radius 1 is 0.950 bits per heavy atom. The lowest BCUT2D eigenvalue weighted by molar-refractivity contribution is -0.137. The van der Waals surface area contributed by atoms with E-state index in [0.29, 0.717) is 23.1 Å². The van der Waals surface area contributed by atoms with Gasteiger partial charge in [0.25, 0.3) is 0 Å². The molecule has 1 aromatic carbocycles. The van der Waals surface area contributed by atoms with Gasteiger partial charge in [0, 0.05) is 37.2 Å². The van der Waals surface area contributed by atoms with Gasteiger partial charge in [0.2, 0.25) is 17.8 Å². The lowest BCUT2D eigenvalue weighted by atomic mass is 9.84. The number of imidazole rings is 1. The number of rotatable bonds is 6. The van der Waals surface area contributed by atoms with Crippen molar-refractivity contribution in [3.8, 4) is 0 Å². The molecule has 0 unspecified atom stereocenters. The normalized spacial score (nSPS) is 25.6. The van der Waals surface area contributed by atoms with Crippen LogP contribution in [0.2, 0.25) is 0 Å². The molecular formula is C29H37F2N7O2. The first-order valence-electron chi connectivity index (χ1n) is 14.6. The fraction of sp³-hybridized carbons (Fsp3) is 0.586. The molecule has 6 rings (SSSR count). The summed E-state index contributed by atoms with van der Waals surface area (Å²) in [5.74, 6) is -0.162. The number of carbonyl (C=O) groups excluding carboxylic acids is 1. The molecule has 3 N–H and O–H groups in total. The zero-order chi connectivity index (χ0) is 27.6. The van der Waals surface area contributed by atoms with Crippen molar-refractivity contribution in [1.29, 1.82) is 0 Å². The number of hydrogen-bond donors (Lipinski definition) is 3. The summed E-state index contributed by atoms with van der Waals surface area (Å²) in [6.45, 7) is 1.71. The van der Waals surface area contributed by atoms with Crippen molar-refractivity contribution in [2.75, 3.05) is 23.7 Å². The standard InChI is InChI=1S/C29H37F2N7O2/c30-19-6-13-24(23(31)16-19)34-29-35-25-17-32-28(33-20-7-11-22(39)12-8-20)36-26(25)38(29)21-9-4-18(5-10-21)27(40)37-14-2-1-3-15-37/h6,13,16-18,20-22,39H,1-5,7-12,14-15H2,(H,34,35)(H,32,33,36)/t18-,20-,21+,22-. The summed E-state index contributed by atoms with van der Waals surface area (Å²) in [5.41, 5.74) is 1.32. The molecule has 40 heavy (non-hydrogen) atoms. The quantitative estimate of drug-likeness (QED) is 0.380. The number of nitrogens with one attached hydrogen (secondary N) is 2. The first-order valence-corrected chi connectivity index (χ1v) is 14.6. The van der Waals surface area contributed by atoms with Gasteiger partial charge in [0.1, 0.15) is 17.2 Å². The molecule has 1 amide bonds. The largest absolute Gasteiger partial charge is 0.393 e. The highest BCUT2D eigenvalue weighted by molar-refractivity contribution is 5.79. The minimum atomic E-state index is -0.706. The van der Waals surface area contributed by atoms with Crippen LogP contribution >= 0.6 is 0 Å². The number of benzene rings is 1. The maximum Gasteiger partial charge on any atom is 0.225 e. The Labute approximate surface area is 232 Å². The van der Waals surface area contributed by atoms with Gasteiger partial charge < -0.3 is 20.6 Å². The molecule has 3 aliphatic rings. The number of aliphatic hydroxyl groups is 1. The van der Waals surface area contributed by atoms with E-state index >= 15 is 0 Å². The van der Waals surface area contributed by atoms with Crippen LogP contribution in [0, 0.1) is 17.6 Å². The van der Waals surface area contributed by atoms with Crippen molar-refractivity contribution in [3.63, 3.8) is 0 Å². The number of carbonyl (C=O) groups is 1. The van der Waals surface area contributed by atoms with Crippen LogP contribution in [0.25, 0.3) is 11.2 Å². The fourth-order valence-electron chi connectivity index (χ4n) is 6.46. The number of aromatic nitrogens is 4. The first kappa shape index (κ1) is 26.9. The lowest BCUT2D eigenvalue weighted by Crippen LogP contribution is -2.41. The highest BCUT2D eigenvalue weighted by atomic mass is 19.1. The molecule has 1 saturated heterocycles. The van der Waals surface area contributed by atoms with E-state index in [9.17, 15) is 18.7 Å². The van der Waals surface area contributed by atoms with Crippen LogP contribution in [0.15, 0.2) is 24.4 Å². The van der Waals surface area contributed by atoms with Crippen molar-refractivity contribution in [2.24, 2.45) is 5.92 Å². The SMILES string of the molecule is O=C([C@H]1CC[C@@H](n2c(Nc3ccc(F)cc3F)nc3cnc(N[C@H]4CC[C@H](O)CC4)nc32)CC1)N1CCCCC1. The topological polar surface area (TPSA) is 108 Å². The molecule has 3 aromatic rings. The van der Waals surface area contributed by atoms with Crippen LogP contribution in [-0.2, 0) is 4.79 Å². The predicted molar refractivity (Wildman–Crippen MR) is 148 cm³/mol. The van der Waals surface area contributed by atoms with E-state index in [1.807, 2.05) is 9.47 Å². The van der Waals surface area contributed by atoms with E-state index in [1.54, 1.807) is 6.20 Å². The van der Waals surface area contributed by atoms with E-state index in [4.69, 9.17) is 9.97 Å². The number of piperidine rings is 1. The summed E-state index contributed by atoms with van der Waals surface area (Å²) in [7, 11) is 0. The highest BCUT2D eigenvalue weighted by Crippen LogP contribution is 2.38. The molecule has 0 bridgehead atoms. The summed E-state index contributed by atoms with van der Waals surface area (Å²) in [5, 5.41) is 16.3. The third-order valence-electron chi connectivity index (χ3n) is 8.72. The third kappa shape index (κ3) is 5.75. The van der Waals surface area contributed by atoms with Crippen molar-refractivity contribution in [2.45, 2.75) is 88.8 Å². The molecule has 0 radical (unpaired) electrons. The molecule has 0 atom stereocenters. The van der Waals surface area contributed by atoms with Gasteiger partial charge in [-0.05, 0) is 82.8 Å². The molecule has 2 aromatic heterocycles. The van der Waals surface area contributed by atoms with Gasteiger partial charge in [-0.25, -0.2) is 18.7 Å². The summed E-state index contributed by atoms with van der Waals surface area (Å²) in [4.78, 5) is 29.2. The molecule has 3 heterocycles. The minimum Gasteiger partial charge on any atom is -0.393 e. The number of aliphatic hydroxyl groups excluding tert-OH is 1. The van der Waals surface area contributed by atoms with Gasteiger partial charge in [-0.3, -0.25) is 9.36 Å². The van der Waals surface area contributed by atoms with Crippen molar-refractivity contribution in [3.05, 3.63) is 36.0 Å². The summed E-state index contributed by atoms with van der Waals surface area (Å²) >= 11 is 0. The zero-order valence-electron chi connectivity index (χ0n) is 22.7. The van der Waals surface area contributed by atoms with E-state index in [0.717, 1.165) is 83.4 Å². The Hall–Kier alpha value is -3.34. The zero-order valence-corrected chi connectivity index (χ0v) is 22.7. The van der Waals surface area contributed by atoms with Gasteiger partial charge in [0.05, 0.1) is 18.0 Å². The molecule has 11 heteroatoms. The van der Waals surface area contributed by atoms with Crippen LogP contribution in [0.4, 0.5) is 26.4 Å². The monoisotopic (exact) mass is 553 g/mol. The van der Waals surface area contributed by atoms with Crippen LogP contribution in [0.1, 0.15) is 76.7 Å².